The second kappa shape index (κ2) is 9.84. The molecule has 6 nitrogen and oxygen atoms in total. The highest BCUT2D eigenvalue weighted by Crippen LogP contribution is 2.31. The number of hydrogen-bond donors (Lipinski definition) is 0. The van der Waals surface area contributed by atoms with Crippen LogP contribution in [-0.4, -0.2) is 45.6 Å². The molecule has 7 rings (SSSR count). The third-order valence-corrected chi connectivity index (χ3v) is 7.65. The smallest absolute Gasteiger partial charge is 0.180 e. The van der Waals surface area contributed by atoms with Gasteiger partial charge in [-0.2, -0.15) is 0 Å². The third-order valence-electron chi connectivity index (χ3n) is 7.40. The summed E-state index contributed by atoms with van der Waals surface area (Å²) in [5.41, 5.74) is 6.93. The first-order valence-corrected chi connectivity index (χ1v) is 13.3. The van der Waals surface area contributed by atoms with Gasteiger partial charge in [-0.05, 0) is 53.6 Å². The van der Waals surface area contributed by atoms with Crippen molar-refractivity contribution in [3.63, 3.8) is 0 Å². The number of benzene rings is 3. The second-order valence-electron chi connectivity index (χ2n) is 9.84. The Morgan fingerprint density at radius 3 is 2.38 bits per heavy atom. The van der Waals surface area contributed by atoms with E-state index in [0.29, 0.717) is 21.8 Å². The van der Waals surface area contributed by atoms with E-state index in [1.54, 1.807) is 6.07 Å². The van der Waals surface area contributed by atoms with Crippen LogP contribution < -0.4 is 4.90 Å². The fourth-order valence-electron chi connectivity index (χ4n) is 5.34. The van der Waals surface area contributed by atoms with E-state index in [0.717, 1.165) is 66.4 Å². The van der Waals surface area contributed by atoms with Crippen LogP contribution in [0, 0.1) is 5.82 Å². The van der Waals surface area contributed by atoms with Gasteiger partial charge in [-0.25, -0.2) is 9.37 Å². The maximum absolute atomic E-state index is 13.9. The van der Waals surface area contributed by atoms with Crippen LogP contribution in [0.3, 0.4) is 0 Å². The quantitative estimate of drug-likeness (QED) is 0.239. The molecule has 0 aliphatic carbocycles. The van der Waals surface area contributed by atoms with Crippen LogP contribution in [0.1, 0.15) is 5.69 Å². The fourth-order valence-corrected chi connectivity index (χ4v) is 5.47. The highest BCUT2D eigenvalue weighted by atomic mass is 35.5. The maximum atomic E-state index is 13.9. The van der Waals surface area contributed by atoms with Crippen LogP contribution in [0.4, 0.5) is 10.2 Å². The van der Waals surface area contributed by atoms with E-state index in [1.165, 1.54) is 12.1 Å². The molecule has 6 aromatic rings. The summed E-state index contributed by atoms with van der Waals surface area (Å²) in [7, 11) is 0. The van der Waals surface area contributed by atoms with Crippen LogP contribution in [-0.2, 0) is 6.54 Å². The molecule has 0 spiro atoms. The Kier molecular flexibility index (Phi) is 6.02. The number of anilines is 1. The van der Waals surface area contributed by atoms with E-state index in [4.69, 9.17) is 21.1 Å². The lowest BCUT2D eigenvalue weighted by atomic mass is 10.1. The Bertz CT molecular complexity index is 1770. The summed E-state index contributed by atoms with van der Waals surface area (Å²) in [6.45, 7) is 3.92. The number of piperazine rings is 1. The van der Waals surface area contributed by atoms with Crippen molar-refractivity contribution in [3.8, 4) is 22.4 Å². The average molecular weight is 538 g/mol. The second-order valence-corrected chi connectivity index (χ2v) is 10.3. The van der Waals surface area contributed by atoms with Crippen molar-refractivity contribution in [1.29, 1.82) is 0 Å². The molecule has 4 heterocycles. The highest BCUT2D eigenvalue weighted by molar-refractivity contribution is 6.30. The Labute approximate surface area is 229 Å². The molecule has 1 aliphatic heterocycles. The minimum Gasteiger partial charge on any atom is -0.354 e. The van der Waals surface area contributed by atoms with Crippen LogP contribution >= 0.6 is 11.6 Å². The van der Waals surface area contributed by atoms with Crippen molar-refractivity contribution < 1.29 is 8.91 Å². The van der Waals surface area contributed by atoms with Crippen molar-refractivity contribution in [2.75, 3.05) is 31.1 Å². The average Bonchev–Trinajstić information content (AvgIpc) is 3.55. The van der Waals surface area contributed by atoms with Gasteiger partial charge in [0.15, 0.2) is 11.4 Å². The van der Waals surface area contributed by atoms with Gasteiger partial charge in [0.05, 0.1) is 16.8 Å². The van der Waals surface area contributed by atoms with Gasteiger partial charge in [-0.15, -0.1) is 0 Å². The lowest BCUT2D eigenvalue weighted by molar-refractivity contribution is 0.245. The van der Waals surface area contributed by atoms with Gasteiger partial charge in [0.2, 0.25) is 0 Å². The standard InChI is InChI=1S/C31H25ClFN5O/c32-24-9-6-22(7-10-24)30-27(38-19-23(8-13-29(38)34-30)21-4-2-1-3-5-21)20-36-14-16-37(17-15-36)31-26-18-25(33)11-12-28(26)39-35-31/h1-13,18-19H,14-17,20H2. The molecule has 0 N–H and O–H groups in total. The number of rotatable bonds is 5. The number of nitrogens with zero attached hydrogens (tertiary/aromatic N) is 5. The summed E-state index contributed by atoms with van der Waals surface area (Å²) in [6.07, 6.45) is 2.18. The van der Waals surface area contributed by atoms with Crippen molar-refractivity contribution in [2.45, 2.75) is 6.54 Å². The molecule has 0 bridgehead atoms. The monoisotopic (exact) mass is 537 g/mol. The van der Waals surface area contributed by atoms with Gasteiger partial charge in [0, 0.05) is 49.5 Å². The Morgan fingerprint density at radius 2 is 1.59 bits per heavy atom. The van der Waals surface area contributed by atoms with E-state index in [9.17, 15) is 4.39 Å². The predicted molar refractivity (Wildman–Crippen MR) is 153 cm³/mol. The Balaban J connectivity index is 1.20. The molecule has 194 valence electrons. The van der Waals surface area contributed by atoms with E-state index >= 15 is 0 Å². The van der Waals surface area contributed by atoms with E-state index in [1.807, 2.05) is 30.3 Å². The largest absolute Gasteiger partial charge is 0.354 e. The van der Waals surface area contributed by atoms with E-state index in [-0.39, 0.29) is 5.82 Å². The summed E-state index contributed by atoms with van der Waals surface area (Å²) >= 11 is 6.19. The third kappa shape index (κ3) is 4.54. The predicted octanol–water partition coefficient (Wildman–Crippen LogP) is 6.92. The van der Waals surface area contributed by atoms with Crippen molar-refractivity contribution >= 4 is 34.0 Å². The number of aromatic nitrogens is 3. The fraction of sp³-hybridized carbons (Fsp3) is 0.161. The summed E-state index contributed by atoms with van der Waals surface area (Å²) < 4.78 is 21.5. The molecule has 0 saturated carbocycles. The summed E-state index contributed by atoms with van der Waals surface area (Å²) in [6, 6.07) is 27.0. The number of hydrogen-bond acceptors (Lipinski definition) is 5. The molecule has 8 heteroatoms. The normalized spacial score (nSPS) is 14.5. The molecule has 1 saturated heterocycles. The molecule has 0 amide bonds. The number of pyridine rings is 1. The number of halogens is 2. The Hall–Kier alpha value is -4.20. The first kappa shape index (κ1) is 23.9. The van der Waals surface area contributed by atoms with Crippen LogP contribution in [0.25, 0.3) is 39.0 Å². The molecule has 0 unspecified atom stereocenters. The van der Waals surface area contributed by atoms with Crippen molar-refractivity contribution in [2.24, 2.45) is 0 Å². The molecule has 1 aliphatic rings. The summed E-state index contributed by atoms with van der Waals surface area (Å²) in [4.78, 5) is 9.63. The van der Waals surface area contributed by atoms with Gasteiger partial charge >= 0.3 is 0 Å². The Morgan fingerprint density at radius 1 is 0.821 bits per heavy atom. The van der Waals surface area contributed by atoms with Crippen LogP contribution in [0.5, 0.6) is 0 Å². The van der Waals surface area contributed by atoms with Crippen molar-refractivity contribution in [1.82, 2.24) is 19.4 Å². The van der Waals surface area contributed by atoms with E-state index in [2.05, 4.69) is 62.0 Å². The van der Waals surface area contributed by atoms with Gasteiger partial charge in [-0.3, -0.25) is 4.90 Å². The summed E-state index contributed by atoms with van der Waals surface area (Å²) in [5.74, 6) is 0.413. The van der Waals surface area contributed by atoms with Gasteiger partial charge in [0.25, 0.3) is 0 Å². The lowest BCUT2D eigenvalue weighted by Gasteiger charge is -2.34. The minimum absolute atomic E-state index is 0.289. The zero-order chi connectivity index (χ0) is 26.3. The first-order chi connectivity index (χ1) is 19.1. The molecular weight excluding hydrogens is 513 g/mol. The molecule has 39 heavy (non-hydrogen) atoms. The maximum Gasteiger partial charge on any atom is 0.180 e. The van der Waals surface area contributed by atoms with Crippen molar-refractivity contribution in [3.05, 3.63) is 108 Å². The molecule has 1 fully saturated rings. The van der Waals surface area contributed by atoms with Gasteiger partial charge < -0.3 is 13.8 Å². The van der Waals surface area contributed by atoms with E-state index < -0.39 is 0 Å². The van der Waals surface area contributed by atoms with Gasteiger partial charge in [0.1, 0.15) is 11.5 Å². The molecule has 0 atom stereocenters. The molecular formula is C31H25ClFN5O. The zero-order valence-electron chi connectivity index (χ0n) is 21.1. The number of imidazole rings is 1. The van der Waals surface area contributed by atoms with Crippen LogP contribution in [0.15, 0.2) is 95.6 Å². The van der Waals surface area contributed by atoms with Crippen LogP contribution in [0.2, 0.25) is 5.02 Å². The SMILES string of the molecule is Fc1ccc2onc(N3CCN(Cc4c(-c5ccc(Cl)cc5)nc5ccc(-c6ccccc6)cn45)CC3)c2c1. The topological polar surface area (TPSA) is 49.8 Å². The van der Waals surface area contributed by atoms with Gasteiger partial charge in [-0.1, -0.05) is 59.2 Å². The zero-order valence-corrected chi connectivity index (χ0v) is 21.9. The number of fused-ring (bicyclic) bond motifs is 2. The minimum atomic E-state index is -0.289. The molecule has 0 radical (unpaired) electrons. The molecule has 3 aromatic carbocycles. The molecule has 3 aromatic heterocycles. The highest BCUT2D eigenvalue weighted by Gasteiger charge is 2.24. The lowest BCUT2D eigenvalue weighted by Crippen LogP contribution is -2.46. The summed E-state index contributed by atoms with van der Waals surface area (Å²) in [5, 5.41) is 5.65. The first-order valence-electron chi connectivity index (χ1n) is 13.0.